The molecule has 0 bridgehead atoms. The van der Waals surface area contributed by atoms with Crippen molar-refractivity contribution in [3.05, 3.63) is 0 Å². The number of ether oxygens (including phenoxy) is 1. The summed E-state index contributed by atoms with van der Waals surface area (Å²) in [6.45, 7) is 5.69. The molecule has 2 atom stereocenters. The number of nitrogens with zero attached hydrogens (tertiary/aromatic N) is 1. The average Bonchev–Trinajstić information content (AvgIpc) is 2.37. The topological polar surface area (TPSA) is 70.7 Å². The van der Waals surface area contributed by atoms with Gasteiger partial charge in [-0.2, -0.15) is 0 Å². The lowest BCUT2D eigenvalue weighted by Crippen LogP contribution is -2.52. The van der Waals surface area contributed by atoms with Gasteiger partial charge in [-0.05, 0) is 26.7 Å². The van der Waals surface area contributed by atoms with Gasteiger partial charge in [0.2, 0.25) is 5.91 Å². The van der Waals surface area contributed by atoms with E-state index in [1.807, 2.05) is 18.7 Å². The lowest BCUT2D eigenvalue weighted by atomic mass is 9.96. The van der Waals surface area contributed by atoms with E-state index < -0.39 is 0 Å². The van der Waals surface area contributed by atoms with Gasteiger partial charge in [-0.25, -0.2) is 4.79 Å². The minimum Gasteiger partial charge on any atom is -0.373 e. The molecule has 2 fully saturated rings. The third-order valence-corrected chi connectivity index (χ3v) is 4.06. The molecule has 0 unspecified atom stereocenters. The van der Waals surface area contributed by atoms with Gasteiger partial charge in [0.1, 0.15) is 0 Å². The van der Waals surface area contributed by atoms with Crippen LogP contribution in [0.3, 0.4) is 0 Å². The second kappa shape index (κ2) is 7.75. The summed E-state index contributed by atoms with van der Waals surface area (Å²) < 4.78 is 5.63. The van der Waals surface area contributed by atoms with E-state index in [0.717, 1.165) is 38.8 Å². The molecule has 0 radical (unpaired) electrons. The van der Waals surface area contributed by atoms with Crippen molar-refractivity contribution in [3.63, 3.8) is 0 Å². The van der Waals surface area contributed by atoms with E-state index in [1.54, 1.807) is 0 Å². The Morgan fingerprint density at radius 3 is 2.33 bits per heavy atom. The van der Waals surface area contributed by atoms with Crippen molar-refractivity contribution in [2.75, 3.05) is 19.6 Å². The number of nitrogens with one attached hydrogen (secondary N) is 2. The fourth-order valence-corrected chi connectivity index (χ4v) is 3.25. The molecule has 3 amide bonds. The monoisotopic (exact) mass is 297 g/mol. The molecular formula is C15H27N3O3. The fourth-order valence-electron chi connectivity index (χ4n) is 3.25. The van der Waals surface area contributed by atoms with Gasteiger partial charge in [0.15, 0.2) is 0 Å². The zero-order chi connectivity index (χ0) is 15.2. The fraction of sp³-hybridized carbons (Fsp3) is 0.867. The van der Waals surface area contributed by atoms with Crippen molar-refractivity contribution >= 4 is 11.9 Å². The summed E-state index contributed by atoms with van der Waals surface area (Å²) in [4.78, 5) is 25.8. The number of hydrogen-bond acceptors (Lipinski definition) is 4. The van der Waals surface area contributed by atoms with Crippen molar-refractivity contribution in [1.82, 2.24) is 15.5 Å². The zero-order valence-corrected chi connectivity index (χ0v) is 13.1. The minimum absolute atomic E-state index is 0.123. The Labute approximate surface area is 126 Å². The van der Waals surface area contributed by atoms with Gasteiger partial charge in [-0.1, -0.05) is 19.3 Å². The van der Waals surface area contributed by atoms with Gasteiger partial charge in [0.05, 0.1) is 18.8 Å². The van der Waals surface area contributed by atoms with Gasteiger partial charge in [-0.3, -0.25) is 15.0 Å². The molecule has 1 aliphatic carbocycles. The summed E-state index contributed by atoms with van der Waals surface area (Å²) in [5, 5.41) is 5.32. The Morgan fingerprint density at radius 2 is 1.71 bits per heavy atom. The highest BCUT2D eigenvalue weighted by Gasteiger charge is 2.24. The molecule has 0 spiro atoms. The van der Waals surface area contributed by atoms with Crippen LogP contribution in [0.15, 0.2) is 0 Å². The van der Waals surface area contributed by atoms with Crippen molar-refractivity contribution in [3.8, 4) is 0 Å². The van der Waals surface area contributed by atoms with Crippen LogP contribution in [0.5, 0.6) is 0 Å². The molecule has 0 aromatic rings. The standard InChI is InChI=1S/C15H27N3O3/c1-11-8-18(9-12(2)21-11)10-14(19)17-15(20)16-13-6-4-3-5-7-13/h11-13H,3-10H2,1-2H3,(H2,16,17,19,20)/t11-,12+. The Bertz CT molecular complexity index is 359. The number of carbonyl (C=O) groups is 2. The van der Waals surface area contributed by atoms with E-state index in [2.05, 4.69) is 10.6 Å². The molecule has 0 aromatic carbocycles. The van der Waals surface area contributed by atoms with Gasteiger partial charge in [0, 0.05) is 19.1 Å². The first-order valence-electron chi connectivity index (χ1n) is 8.01. The average molecular weight is 297 g/mol. The molecule has 21 heavy (non-hydrogen) atoms. The Balaban J connectivity index is 1.69. The number of hydrogen-bond donors (Lipinski definition) is 2. The van der Waals surface area contributed by atoms with Crippen molar-refractivity contribution in [2.24, 2.45) is 0 Å². The van der Waals surface area contributed by atoms with Crippen LogP contribution in [0.1, 0.15) is 46.0 Å². The molecule has 1 saturated heterocycles. The van der Waals surface area contributed by atoms with Gasteiger partial charge < -0.3 is 10.1 Å². The molecule has 1 heterocycles. The minimum atomic E-state index is -0.360. The highest BCUT2D eigenvalue weighted by atomic mass is 16.5. The van der Waals surface area contributed by atoms with Crippen molar-refractivity contribution in [2.45, 2.75) is 64.2 Å². The number of morpholine rings is 1. The van der Waals surface area contributed by atoms with Crippen LogP contribution in [-0.2, 0) is 9.53 Å². The van der Waals surface area contributed by atoms with Crippen LogP contribution >= 0.6 is 0 Å². The summed E-state index contributed by atoms with van der Waals surface area (Å²) in [7, 11) is 0. The van der Waals surface area contributed by atoms with E-state index in [1.165, 1.54) is 6.42 Å². The Hall–Kier alpha value is -1.14. The lowest BCUT2D eigenvalue weighted by molar-refractivity contribution is -0.124. The second-order valence-electron chi connectivity index (χ2n) is 6.31. The Morgan fingerprint density at radius 1 is 1.10 bits per heavy atom. The highest BCUT2D eigenvalue weighted by molar-refractivity contribution is 5.95. The van der Waals surface area contributed by atoms with Gasteiger partial charge in [0.25, 0.3) is 0 Å². The molecule has 2 aliphatic rings. The SMILES string of the molecule is C[C@@H]1CN(CC(=O)NC(=O)NC2CCCCC2)C[C@H](C)O1. The third-order valence-electron chi connectivity index (χ3n) is 4.06. The maximum absolute atomic E-state index is 11.9. The first-order chi connectivity index (χ1) is 10.0. The first-order valence-corrected chi connectivity index (χ1v) is 8.01. The summed E-state index contributed by atoms with van der Waals surface area (Å²) in [6, 6.07) is -0.142. The highest BCUT2D eigenvalue weighted by Crippen LogP contribution is 2.17. The summed E-state index contributed by atoms with van der Waals surface area (Å²) in [5.74, 6) is -0.246. The quantitative estimate of drug-likeness (QED) is 0.822. The van der Waals surface area contributed by atoms with Crippen LogP contribution < -0.4 is 10.6 Å². The van der Waals surface area contributed by atoms with Crippen LogP contribution in [0.25, 0.3) is 0 Å². The predicted molar refractivity (Wildman–Crippen MR) is 80.0 cm³/mol. The number of rotatable bonds is 3. The normalized spacial score (nSPS) is 28.1. The van der Waals surface area contributed by atoms with Gasteiger partial charge in [-0.15, -0.1) is 0 Å². The maximum Gasteiger partial charge on any atom is 0.321 e. The lowest BCUT2D eigenvalue weighted by Gasteiger charge is -2.34. The van der Waals surface area contributed by atoms with Crippen molar-refractivity contribution in [1.29, 1.82) is 0 Å². The first kappa shape index (κ1) is 16.2. The smallest absolute Gasteiger partial charge is 0.321 e. The van der Waals surface area contributed by atoms with E-state index in [0.29, 0.717) is 0 Å². The molecule has 6 heteroatoms. The van der Waals surface area contributed by atoms with Crippen molar-refractivity contribution < 1.29 is 14.3 Å². The number of imide groups is 1. The van der Waals surface area contributed by atoms with E-state index in [9.17, 15) is 9.59 Å². The van der Waals surface area contributed by atoms with Crippen LogP contribution in [0.4, 0.5) is 4.79 Å². The molecule has 6 nitrogen and oxygen atoms in total. The van der Waals surface area contributed by atoms with E-state index >= 15 is 0 Å². The van der Waals surface area contributed by atoms with E-state index in [4.69, 9.17) is 4.74 Å². The zero-order valence-electron chi connectivity index (χ0n) is 13.1. The maximum atomic E-state index is 11.9. The molecule has 1 saturated carbocycles. The van der Waals surface area contributed by atoms with Crippen LogP contribution in [0, 0.1) is 0 Å². The molecule has 1 aliphatic heterocycles. The summed E-state index contributed by atoms with van der Waals surface area (Å²) >= 11 is 0. The van der Waals surface area contributed by atoms with Crippen LogP contribution in [0.2, 0.25) is 0 Å². The molecule has 0 aromatic heterocycles. The molecule has 120 valence electrons. The summed E-state index contributed by atoms with van der Waals surface area (Å²) in [5.41, 5.74) is 0. The van der Waals surface area contributed by atoms with Crippen LogP contribution in [-0.4, -0.2) is 54.7 Å². The molecular weight excluding hydrogens is 270 g/mol. The Kier molecular flexibility index (Phi) is 5.99. The third kappa shape index (κ3) is 5.63. The number of urea groups is 1. The number of carbonyl (C=O) groups excluding carboxylic acids is 2. The largest absolute Gasteiger partial charge is 0.373 e. The predicted octanol–water partition coefficient (Wildman–Crippen LogP) is 1.25. The molecule has 2 rings (SSSR count). The second-order valence-corrected chi connectivity index (χ2v) is 6.31. The van der Waals surface area contributed by atoms with E-state index in [-0.39, 0.29) is 36.7 Å². The molecule has 2 N–H and O–H groups in total. The summed E-state index contributed by atoms with van der Waals surface area (Å²) in [6.07, 6.45) is 5.83. The number of amides is 3. The van der Waals surface area contributed by atoms with Gasteiger partial charge >= 0.3 is 6.03 Å².